The molecule has 3 rings (SSSR count). The first-order valence-corrected chi connectivity index (χ1v) is 8.08. The summed E-state index contributed by atoms with van der Waals surface area (Å²) in [4.78, 5) is 4.57. The average Bonchev–Trinajstić information content (AvgIpc) is 2.96. The standard InChI is InChI=1S/C16H12BrFN2S/c17-12-6-7-14(13(18)8-12)19-9-16-20-15(10-21-16)11-4-2-1-3-5-11/h1-8,10,19H,9H2. The lowest BCUT2D eigenvalue weighted by atomic mass is 10.2. The van der Waals surface area contributed by atoms with Crippen molar-refractivity contribution in [3.05, 3.63) is 69.2 Å². The highest BCUT2D eigenvalue weighted by Gasteiger charge is 2.06. The van der Waals surface area contributed by atoms with Crippen LogP contribution in [0.15, 0.2) is 58.4 Å². The molecule has 0 saturated heterocycles. The molecular weight excluding hydrogens is 351 g/mol. The summed E-state index contributed by atoms with van der Waals surface area (Å²) in [6, 6.07) is 15.0. The monoisotopic (exact) mass is 362 g/mol. The van der Waals surface area contributed by atoms with Crippen LogP contribution in [0.3, 0.4) is 0 Å². The molecular formula is C16H12BrFN2S. The molecule has 0 bridgehead atoms. The summed E-state index contributed by atoms with van der Waals surface area (Å²) in [5, 5.41) is 6.02. The van der Waals surface area contributed by atoms with Crippen molar-refractivity contribution in [3.63, 3.8) is 0 Å². The molecule has 0 atom stereocenters. The van der Waals surface area contributed by atoms with E-state index in [0.29, 0.717) is 12.2 Å². The number of nitrogens with zero attached hydrogens (tertiary/aromatic N) is 1. The summed E-state index contributed by atoms with van der Waals surface area (Å²) in [7, 11) is 0. The Labute approximate surface area is 134 Å². The molecule has 3 aromatic rings. The molecule has 0 unspecified atom stereocenters. The summed E-state index contributed by atoms with van der Waals surface area (Å²) in [5.41, 5.74) is 2.53. The predicted molar refractivity (Wildman–Crippen MR) is 89.0 cm³/mol. The van der Waals surface area contributed by atoms with Gasteiger partial charge < -0.3 is 5.32 Å². The van der Waals surface area contributed by atoms with E-state index in [4.69, 9.17) is 0 Å². The maximum absolute atomic E-state index is 13.7. The fourth-order valence-electron chi connectivity index (χ4n) is 1.94. The van der Waals surface area contributed by atoms with Gasteiger partial charge in [0.05, 0.1) is 17.9 Å². The van der Waals surface area contributed by atoms with Crippen LogP contribution in [-0.2, 0) is 6.54 Å². The van der Waals surface area contributed by atoms with Crippen molar-refractivity contribution in [3.8, 4) is 11.3 Å². The van der Waals surface area contributed by atoms with Gasteiger partial charge >= 0.3 is 0 Å². The molecule has 5 heteroatoms. The van der Waals surface area contributed by atoms with Gasteiger partial charge in [-0.15, -0.1) is 11.3 Å². The van der Waals surface area contributed by atoms with Gasteiger partial charge in [-0.1, -0.05) is 46.3 Å². The number of hydrogen-bond donors (Lipinski definition) is 1. The van der Waals surface area contributed by atoms with Crippen molar-refractivity contribution < 1.29 is 4.39 Å². The van der Waals surface area contributed by atoms with Crippen molar-refractivity contribution in [2.24, 2.45) is 0 Å². The molecule has 0 aliphatic heterocycles. The second-order valence-corrected chi connectivity index (χ2v) is 6.33. The first kappa shape index (κ1) is 14.2. The molecule has 0 fully saturated rings. The predicted octanol–water partition coefficient (Wildman–Crippen LogP) is 5.32. The zero-order chi connectivity index (χ0) is 14.7. The Morgan fingerprint density at radius 2 is 1.95 bits per heavy atom. The lowest BCUT2D eigenvalue weighted by molar-refractivity contribution is 0.629. The van der Waals surface area contributed by atoms with Gasteiger partial charge in [0.25, 0.3) is 0 Å². The summed E-state index contributed by atoms with van der Waals surface area (Å²) in [6.07, 6.45) is 0. The van der Waals surface area contributed by atoms with Gasteiger partial charge in [-0.25, -0.2) is 9.37 Å². The number of rotatable bonds is 4. The van der Waals surface area contributed by atoms with Crippen LogP contribution < -0.4 is 5.32 Å². The number of nitrogens with one attached hydrogen (secondary N) is 1. The molecule has 2 aromatic carbocycles. The Hall–Kier alpha value is -1.72. The zero-order valence-corrected chi connectivity index (χ0v) is 13.4. The Morgan fingerprint density at radius 3 is 2.71 bits per heavy atom. The van der Waals surface area contributed by atoms with Gasteiger partial charge in [-0.3, -0.25) is 0 Å². The average molecular weight is 363 g/mol. The molecule has 0 saturated carbocycles. The highest BCUT2D eigenvalue weighted by Crippen LogP contribution is 2.23. The van der Waals surface area contributed by atoms with E-state index in [-0.39, 0.29) is 5.82 Å². The maximum Gasteiger partial charge on any atom is 0.147 e. The first-order chi connectivity index (χ1) is 10.2. The van der Waals surface area contributed by atoms with E-state index in [1.165, 1.54) is 6.07 Å². The summed E-state index contributed by atoms with van der Waals surface area (Å²) >= 11 is 4.81. The zero-order valence-electron chi connectivity index (χ0n) is 11.0. The lowest BCUT2D eigenvalue weighted by Gasteiger charge is -2.05. The fourth-order valence-corrected chi connectivity index (χ4v) is 3.01. The Bertz CT molecular complexity index is 743. The van der Waals surface area contributed by atoms with Crippen LogP contribution in [-0.4, -0.2) is 4.98 Å². The topological polar surface area (TPSA) is 24.9 Å². The number of benzene rings is 2. The molecule has 106 valence electrons. The van der Waals surface area contributed by atoms with Crippen LogP contribution in [0.1, 0.15) is 5.01 Å². The Morgan fingerprint density at radius 1 is 1.14 bits per heavy atom. The van der Waals surface area contributed by atoms with Gasteiger partial charge in [0, 0.05) is 15.4 Å². The second kappa shape index (κ2) is 6.37. The normalized spacial score (nSPS) is 10.6. The fraction of sp³-hybridized carbons (Fsp3) is 0.0625. The number of hydrogen-bond acceptors (Lipinski definition) is 3. The van der Waals surface area contributed by atoms with E-state index in [1.54, 1.807) is 17.4 Å². The summed E-state index contributed by atoms with van der Waals surface area (Å²) < 4.78 is 14.4. The molecule has 0 aliphatic rings. The van der Waals surface area contributed by atoms with Crippen LogP contribution in [0.5, 0.6) is 0 Å². The molecule has 0 spiro atoms. The summed E-state index contributed by atoms with van der Waals surface area (Å²) in [6.45, 7) is 0.510. The minimum Gasteiger partial charge on any atom is -0.376 e. The van der Waals surface area contributed by atoms with Gasteiger partial charge in [0.2, 0.25) is 0 Å². The van der Waals surface area contributed by atoms with Crippen LogP contribution in [0, 0.1) is 5.82 Å². The Kier molecular flexibility index (Phi) is 4.31. The number of halogens is 2. The molecule has 1 N–H and O–H groups in total. The number of thiazole rings is 1. The van der Waals surface area contributed by atoms with Crippen molar-refractivity contribution in [1.82, 2.24) is 4.98 Å². The highest BCUT2D eigenvalue weighted by atomic mass is 79.9. The maximum atomic E-state index is 13.7. The van der Waals surface area contributed by atoms with E-state index in [0.717, 1.165) is 20.7 Å². The lowest BCUT2D eigenvalue weighted by Crippen LogP contribution is -2.01. The molecule has 2 nitrogen and oxygen atoms in total. The van der Waals surface area contributed by atoms with E-state index >= 15 is 0 Å². The van der Waals surface area contributed by atoms with Crippen molar-refractivity contribution in [2.45, 2.75) is 6.54 Å². The molecule has 1 aromatic heterocycles. The smallest absolute Gasteiger partial charge is 0.147 e. The van der Waals surface area contributed by atoms with Gasteiger partial charge in [0.15, 0.2) is 0 Å². The third kappa shape index (κ3) is 3.49. The number of aromatic nitrogens is 1. The van der Waals surface area contributed by atoms with Crippen molar-refractivity contribution in [1.29, 1.82) is 0 Å². The van der Waals surface area contributed by atoms with Gasteiger partial charge in [0.1, 0.15) is 10.8 Å². The van der Waals surface area contributed by atoms with Gasteiger partial charge in [-0.05, 0) is 18.2 Å². The van der Waals surface area contributed by atoms with E-state index in [2.05, 4.69) is 26.2 Å². The molecule has 1 heterocycles. The molecule has 21 heavy (non-hydrogen) atoms. The quantitative estimate of drug-likeness (QED) is 0.678. The van der Waals surface area contributed by atoms with E-state index in [9.17, 15) is 4.39 Å². The van der Waals surface area contributed by atoms with Crippen LogP contribution >= 0.6 is 27.3 Å². The van der Waals surface area contributed by atoms with E-state index in [1.807, 2.05) is 41.8 Å². The van der Waals surface area contributed by atoms with Crippen molar-refractivity contribution in [2.75, 3.05) is 5.32 Å². The molecule has 0 aliphatic carbocycles. The SMILES string of the molecule is Fc1cc(Br)ccc1NCc1nc(-c2ccccc2)cs1. The third-order valence-corrected chi connectivity index (χ3v) is 4.32. The first-order valence-electron chi connectivity index (χ1n) is 6.41. The third-order valence-electron chi connectivity index (χ3n) is 2.98. The van der Waals surface area contributed by atoms with Crippen molar-refractivity contribution >= 4 is 33.0 Å². The minimum atomic E-state index is -0.274. The van der Waals surface area contributed by atoms with Crippen LogP contribution in [0.25, 0.3) is 11.3 Å². The minimum absolute atomic E-state index is 0.274. The Balaban J connectivity index is 1.70. The second-order valence-electron chi connectivity index (χ2n) is 4.47. The summed E-state index contributed by atoms with van der Waals surface area (Å²) in [5.74, 6) is -0.274. The van der Waals surface area contributed by atoms with Crippen LogP contribution in [0.4, 0.5) is 10.1 Å². The largest absolute Gasteiger partial charge is 0.376 e. The highest BCUT2D eigenvalue weighted by molar-refractivity contribution is 9.10. The molecule has 0 radical (unpaired) electrons. The van der Waals surface area contributed by atoms with E-state index < -0.39 is 0 Å². The van der Waals surface area contributed by atoms with Gasteiger partial charge in [-0.2, -0.15) is 0 Å². The number of anilines is 1. The van der Waals surface area contributed by atoms with Crippen LogP contribution in [0.2, 0.25) is 0 Å². The molecule has 0 amide bonds.